The summed E-state index contributed by atoms with van der Waals surface area (Å²) in [6.45, 7) is 4.13. The molecular formula is C18H27ClN2O3. The van der Waals surface area contributed by atoms with Gasteiger partial charge in [-0.05, 0) is 43.3 Å². The van der Waals surface area contributed by atoms with E-state index >= 15 is 0 Å². The summed E-state index contributed by atoms with van der Waals surface area (Å²) < 4.78 is 4.83. The number of hydrogen-bond donors (Lipinski definition) is 2. The van der Waals surface area contributed by atoms with Crippen molar-refractivity contribution in [2.75, 3.05) is 20.2 Å². The molecule has 0 aromatic heterocycles. The third kappa shape index (κ3) is 5.80. The van der Waals surface area contributed by atoms with E-state index in [4.69, 9.17) is 4.74 Å². The van der Waals surface area contributed by atoms with Gasteiger partial charge in [0.25, 0.3) is 0 Å². The van der Waals surface area contributed by atoms with E-state index in [1.807, 2.05) is 30.3 Å². The van der Waals surface area contributed by atoms with Crippen molar-refractivity contribution >= 4 is 24.3 Å². The molecule has 5 nitrogen and oxygen atoms in total. The van der Waals surface area contributed by atoms with Gasteiger partial charge >= 0.3 is 5.97 Å². The third-order valence-corrected chi connectivity index (χ3v) is 4.52. The summed E-state index contributed by atoms with van der Waals surface area (Å²) in [5.41, 5.74) is 0.736. The predicted octanol–water partition coefficient (Wildman–Crippen LogP) is 2.46. The van der Waals surface area contributed by atoms with Gasteiger partial charge in [0.1, 0.15) is 0 Å². The Kier molecular flexibility index (Phi) is 8.79. The molecule has 1 aromatic carbocycles. The van der Waals surface area contributed by atoms with Crippen molar-refractivity contribution in [3.05, 3.63) is 35.9 Å². The molecule has 0 spiro atoms. The van der Waals surface area contributed by atoms with Gasteiger partial charge in [-0.3, -0.25) is 4.79 Å². The number of rotatable bonds is 6. The van der Waals surface area contributed by atoms with Crippen molar-refractivity contribution < 1.29 is 14.3 Å². The minimum Gasteiger partial charge on any atom is -0.467 e. The first-order chi connectivity index (χ1) is 11.1. The number of amides is 1. The maximum atomic E-state index is 12.4. The van der Waals surface area contributed by atoms with Gasteiger partial charge in [-0.2, -0.15) is 0 Å². The molecular weight excluding hydrogens is 328 g/mol. The van der Waals surface area contributed by atoms with E-state index in [1.165, 1.54) is 7.11 Å². The van der Waals surface area contributed by atoms with Gasteiger partial charge in [-0.25, -0.2) is 4.79 Å². The van der Waals surface area contributed by atoms with Crippen molar-refractivity contribution in [2.45, 2.75) is 32.2 Å². The molecule has 2 N–H and O–H groups in total. The lowest BCUT2D eigenvalue weighted by atomic mass is 9.85. The minimum atomic E-state index is -0.745. The van der Waals surface area contributed by atoms with E-state index in [-0.39, 0.29) is 24.2 Å². The van der Waals surface area contributed by atoms with Crippen LogP contribution in [0, 0.1) is 11.8 Å². The second-order valence-electron chi connectivity index (χ2n) is 6.22. The zero-order valence-corrected chi connectivity index (χ0v) is 15.1. The molecule has 1 aromatic rings. The standard InChI is InChI=1S/C18H26N2O3.ClH/c1-13(15-9-6-10-19-12-15)11-16(21)20-17(18(22)23-2)14-7-4-3-5-8-14;/h3-5,7-8,13,15,17,19H,6,9-12H2,1-2H3,(H,20,21);1H. The third-order valence-electron chi connectivity index (χ3n) is 4.52. The number of piperidine rings is 1. The average molecular weight is 355 g/mol. The number of hydrogen-bond acceptors (Lipinski definition) is 4. The number of halogens is 1. The second kappa shape index (κ2) is 10.3. The van der Waals surface area contributed by atoms with E-state index in [0.717, 1.165) is 31.5 Å². The van der Waals surface area contributed by atoms with E-state index < -0.39 is 12.0 Å². The Morgan fingerprint density at radius 1 is 1.33 bits per heavy atom. The number of benzene rings is 1. The molecule has 0 radical (unpaired) electrons. The summed E-state index contributed by atoms with van der Waals surface area (Å²) >= 11 is 0. The highest BCUT2D eigenvalue weighted by molar-refractivity contribution is 5.85. The molecule has 3 unspecified atom stereocenters. The van der Waals surface area contributed by atoms with Crippen molar-refractivity contribution in [3.8, 4) is 0 Å². The van der Waals surface area contributed by atoms with Crippen LogP contribution in [0.4, 0.5) is 0 Å². The number of carbonyl (C=O) groups is 2. The molecule has 1 heterocycles. The molecule has 1 amide bonds. The number of methoxy groups -OCH3 is 1. The monoisotopic (exact) mass is 354 g/mol. The van der Waals surface area contributed by atoms with Crippen LogP contribution in [0.1, 0.15) is 37.8 Å². The van der Waals surface area contributed by atoms with Crippen LogP contribution in [-0.2, 0) is 14.3 Å². The lowest BCUT2D eigenvalue weighted by Crippen LogP contribution is -2.38. The van der Waals surface area contributed by atoms with Gasteiger partial charge < -0.3 is 15.4 Å². The fourth-order valence-corrected chi connectivity index (χ4v) is 3.09. The van der Waals surface area contributed by atoms with Crippen molar-refractivity contribution in [1.82, 2.24) is 10.6 Å². The van der Waals surface area contributed by atoms with Crippen molar-refractivity contribution in [1.29, 1.82) is 0 Å². The first-order valence-electron chi connectivity index (χ1n) is 8.24. The molecule has 1 aliphatic heterocycles. The lowest BCUT2D eigenvalue weighted by Gasteiger charge is -2.28. The van der Waals surface area contributed by atoms with Crippen LogP contribution in [0.2, 0.25) is 0 Å². The van der Waals surface area contributed by atoms with Gasteiger partial charge in [0, 0.05) is 6.42 Å². The Morgan fingerprint density at radius 3 is 2.62 bits per heavy atom. The topological polar surface area (TPSA) is 67.4 Å². The van der Waals surface area contributed by atoms with E-state index in [1.54, 1.807) is 0 Å². The molecule has 1 fully saturated rings. The van der Waals surface area contributed by atoms with E-state index in [2.05, 4.69) is 17.6 Å². The Morgan fingerprint density at radius 2 is 2.04 bits per heavy atom. The summed E-state index contributed by atoms with van der Waals surface area (Å²) in [5, 5.41) is 6.20. The molecule has 134 valence electrons. The SMILES string of the molecule is COC(=O)C(NC(=O)CC(C)C1CCCNC1)c1ccccc1.Cl. The van der Waals surface area contributed by atoms with Crippen LogP contribution >= 0.6 is 12.4 Å². The largest absolute Gasteiger partial charge is 0.467 e. The summed E-state index contributed by atoms with van der Waals surface area (Å²) in [6, 6.07) is 8.44. The molecule has 1 aliphatic rings. The number of ether oxygens (including phenoxy) is 1. The van der Waals surface area contributed by atoms with Gasteiger partial charge in [-0.15, -0.1) is 12.4 Å². The highest BCUT2D eigenvalue weighted by Gasteiger charge is 2.26. The van der Waals surface area contributed by atoms with Crippen LogP contribution in [0.15, 0.2) is 30.3 Å². The van der Waals surface area contributed by atoms with Gasteiger partial charge in [0.05, 0.1) is 7.11 Å². The molecule has 3 atom stereocenters. The molecule has 24 heavy (non-hydrogen) atoms. The Bertz CT molecular complexity index is 518. The zero-order valence-electron chi connectivity index (χ0n) is 14.3. The van der Waals surface area contributed by atoms with Crippen molar-refractivity contribution in [2.24, 2.45) is 11.8 Å². The van der Waals surface area contributed by atoms with Gasteiger partial charge in [0.15, 0.2) is 6.04 Å². The number of carbonyl (C=O) groups excluding carboxylic acids is 2. The first-order valence-corrected chi connectivity index (χ1v) is 8.24. The van der Waals surface area contributed by atoms with Crippen molar-refractivity contribution in [3.63, 3.8) is 0 Å². The van der Waals surface area contributed by atoms with Crippen LogP contribution in [0.25, 0.3) is 0 Å². The van der Waals surface area contributed by atoms with Crippen LogP contribution in [0.3, 0.4) is 0 Å². The lowest BCUT2D eigenvalue weighted by molar-refractivity contribution is -0.145. The summed E-state index contributed by atoms with van der Waals surface area (Å²) in [6.07, 6.45) is 2.73. The normalized spacial score (nSPS) is 19.5. The predicted molar refractivity (Wildman–Crippen MR) is 96.0 cm³/mol. The van der Waals surface area contributed by atoms with E-state index in [9.17, 15) is 9.59 Å². The summed E-state index contributed by atoms with van der Waals surface area (Å²) in [4.78, 5) is 24.3. The highest BCUT2D eigenvalue weighted by Crippen LogP contribution is 2.23. The molecule has 6 heteroatoms. The maximum Gasteiger partial charge on any atom is 0.333 e. The van der Waals surface area contributed by atoms with Crippen LogP contribution < -0.4 is 10.6 Å². The highest BCUT2D eigenvalue weighted by atomic mass is 35.5. The fraction of sp³-hybridized carbons (Fsp3) is 0.556. The number of esters is 1. The molecule has 0 saturated carbocycles. The van der Waals surface area contributed by atoms with E-state index in [0.29, 0.717) is 12.3 Å². The Balaban J connectivity index is 0.00000288. The molecule has 1 saturated heterocycles. The second-order valence-corrected chi connectivity index (χ2v) is 6.22. The van der Waals surface area contributed by atoms with Gasteiger partial charge in [-0.1, -0.05) is 37.3 Å². The quantitative estimate of drug-likeness (QED) is 0.770. The maximum absolute atomic E-state index is 12.4. The fourth-order valence-electron chi connectivity index (χ4n) is 3.09. The average Bonchev–Trinajstić information content (AvgIpc) is 2.60. The Labute approximate surface area is 149 Å². The zero-order chi connectivity index (χ0) is 16.7. The molecule has 2 rings (SSSR count). The van der Waals surface area contributed by atoms with Gasteiger partial charge in [0.2, 0.25) is 5.91 Å². The summed E-state index contributed by atoms with van der Waals surface area (Å²) in [5.74, 6) is 0.249. The minimum absolute atomic E-state index is 0. The Hall–Kier alpha value is -1.59. The first kappa shape index (κ1) is 20.5. The van der Waals surface area contributed by atoms with Crippen LogP contribution in [-0.4, -0.2) is 32.1 Å². The molecule has 0 aliphatic carbocycles. The smallest absolute Gasteiger partial charge is 0.333 e. The number of nitrogens with one attached hydrogen (secondary N) is 2. The molecule has 0 bridgehead atoms. The van der Waals surface area contributed by atoms with Crippen LogP contribution in [0.5, 0.6) is 0 Å². The summed E-state index contributed by atoms with van der Waals surface area (Å²) in [7, 11) is 1.33.